The van der Waals surface area contributed by atoms with Crippen molar-refractivity contribution in [3.05, 3.63) is 11.8 Å². The SMILES string of the molecule is CC1CCC(=O)N1C=C1C(=O)OC(C)(C)OC1=O. The van der Waals surface area contributed by atoms with E-state index in [4.69, 9.17) is 9.47 Å². The van der Waals surface area contributed by atoms with Crippen molar-refractivity contribution in [2.45, 2.75) is 45.4 Å². The van der Waals surface area contributed by atoms with Gasteiger partial charge in [-0.05, 0) is 13.3 Å². The molecule has 0 aromatic heterocycles. The summed E-state index contributed by atoms with van der Waals surface area (Å²) in [7, 11) is 0. The topological polar surface area (TPSA) is 72.9 Å². The Kier molecular flexibility index (Phi) is 2.88. The van der Waals surface area contributed by atoms with Crippen LogP contribution < -0.4 is 0 Å². The van der Waals surface area contributed by atoms with Gasteiger partial charge in [0.05, 0.1) is 0 Å². The second kappa shape index (κ2) is 4.12. The molecule has 2 fully saturated rings. The van der Waals surface area contributed by atoms with Crippen molar-refractivity contribution in [2.24, 2.45) is 0 Å². The zero-order valence-corrected chi connectivity index (χ0v) is 10.6. The molecule has 0 spiro atoms. The summed E-state index contributed by atoms with van der Waals surface area (Å²) in [5.74, 6) is -2.89. The average molecular weight is 253 g/mol. The van der Waals surface area contributed by atoms with Crippen molar-refractivity contribution >= 4 is 17.8 Å². The first kappa shape index (κ1) is 12.6. The Morgan fingerprint density at radius 1 is 1.22 bits per heavy atom. The Hall–Kier alpha value is -1.85. The number of hydrogen-bond donors (Lipinski definition) is 0. The van der Waals surface area contributed by atoms with Crippen LogP contribution in [0.2, 0.25) is 0 Å². The number of rotatable bonds is 1. The summed E-state index contributed by atoms with van der Waals surface area (Å²) in [5, 5.41) is 0. The van der Waals surface area contributed by atoms with Gasteiger partial charge in [0.25, 0.3) is 5.79 Å². The first-order valence-corrected chi connectivity index (χ1v) is 5.80. The van der Waals surface area contributed by atoms with Crippen LogP contribution in [0.4, 0.5) is 0 Å². The summed E-state index contributed by atoms with van der Waals surface area (Å²) in [4.78, 5) is 36.3. The van der Waals surface area contributed by atoms with Crippen LogP contribution in [-0.4, -0.2) is 34.6 Å². The van der Waals surface area contributed by atoms with Gasteiger partial charge >= 0.3 is 11.9 Å². The predicted molar refractivity (Wildman–Crippen MR) is 59.9 cm³/mol. The molecule has 2 heterocycles. The molecule has 98 valence electrons. The van der Waals surface area contributed by atoms with Gasteiger partial charge in [-0.1, -0.05) is 0 Å². The lowest BCUT2D eigenvalue weighted by molar-refractivity contribution is -0.222. The lowest BCUT2D eigenvalue weighted by Crippen LogP contribution is -2.42. The molecule has 1 atom stereocenters. The lowest BCUT2D eigenvalue weighted by atomic mass is 10.2. The van der Waals surface area contributed by atoms with Crippen LogP contribution in [0.5, 0.6) is 0 Å². The summed E-state index contributed by atoms with van der Waals surface area (Å²) in [6, 6.07) is -0.0273. The summed E-state index contributed by atoms with van der Waals surface area (Å²) in [6.45, 7) is 4.80. The van der Waals surface area contributed by atoms with E-state index in [2.05, 4.69) is 0 Å². The number of amides is 1. The van der Waals surface area contributed by atoms with Crippen molar-refractivity contribution in [1.82, 2.24) is 4.90 Å². The van der Waals surface area contributed by atoms with Crippen LogP contribution in [0.3, 0.4) is 0 Å². The first-order valence-electron chi connectivity index (χ1n) is 5.80. The van der Waals surface area contributed by atoms with Crippen molar-refractivity contribution < 1.29 is 23.9 Å². The summed E-state index contributed by atoms with van der Waals surface area (Å²) < 4.78 is 9.90. The zero-order valence-electron chi connectivity index (χ0n) is 10.6. The van der Waals surface area contributed by atoms with Crippen LogP contribution in [0, 0.1) is 0 Å². The normalized spacial score (nSPS) is 27.1. The molecule has 0 aromatic carbocycles. The molecule has 2 rings (SSSR count). The van der Waals surface area contributed by atoms with Gasteiger partial charge in [0.15, 0.2) is 5.57 Å². The molecule has 2 aliphatic rings. The Bertz CT molecular complexity index is 429. The molecule has 2 aliphatic heterocycles. The monoisotopic (exact) mass is 253 g/mol. The maximum absolute atomic E-state index is 11.7. The van der Waals surface area contributed by atoms with E-state index in [1.165, 1.54) is 24.9 Å². The summed E-state index contributed by atoms with van der Waals surface area (Å²) in [6.07, 6.45) is 2.36. The third-order valence-electron chi connectivity index (χ3n) is 2.92. The Morgan fingerprint density at radius 3 is 2.22 bits per heavy atom. The van der Waals surface area contributed by atoms with Gasteiger partial charge < -0.3 is 14.4 Å². The minimum atomic E-state index is -1.26. The van der Waals surface area contributed by atoms with Gasteiger partial charge in [-0.25, -0.2) is 9.59 Å². The molecule has 0 saturated carbocycles. The molecule has 0 radical (unpaired) electrons. The largest absolute Gasteiger partial charge is 0.419 e. The van der Waals surface area contributed by atoms with Gasteiger partial charge in [-0.3, -0.25) is 4.79 Å². The van der Waals surface area contributed by atoms with Crippen molar-refractivity contribution in [1.29, 1.82) is 0 Å². The molecular formula is C12H15NO5. The Morgan fingerprint density at radius 2 is 1.78 bits per heavy atom. The van der Waals surface area contributed by atoms with Crippen LogP contribution >= 0.6 is 0 Å². The van der Waals surface area contributed by atoms with Crippen molar-refractivity contribution in [3.8, 4) is 0 Å². The number of nitrogens with zero attached hydrogens (tertiary/aromatic N) is 1. The highest BCUT2D eigenvalue weighted by molar-refractivity contribution is 6.15. The number of ether oxygens (including phenoxy) is 2. The first-order chi connectivity index (χ1) is 8.30. The molecule has 1 unspecified atom stereocenters. The van der Waals surface area contributed by atoms with Crippen LogP contribution in [-0.2, 0) is 23.9 Å². The average Bonchev–Trinajstić information content (AvgIpc) is 2.52. The third kappa shape index (κ3) is 2.23. The molecule has 2 saturated heterocycles. The summed E-state index contributed by atoms with van der Waals surface area (Å²) in [5.41, 5.74) is -0.239. The summed E-state index contributed by atoms with van der Waals surface area (Å²) >= 11 is 0. The van der Waals surface area contributed by atoms with Gasteiger partial charge in [-0.15, -0.1) is 0 Å². The number of likely N-dealkylation sites (tertiary alicyclic amines) is 1. The second-order valence-corrected chi connectivity index (χ2v) is 4.91. The van der Waals surface area contributed by atoms with E-state index in [1.54, 1.807) is 0 Å². The molecule has 0 N–H and O–H groups in total. The van der Waals surface area contributed by atoms with E-state index in [0.29, 0.717) is 12.8 Å². The highest BCUT2D eigenvalue weighted by atomic mass is 16.7. The highest BCUT2D eigenvalue weighted by Gasteiger charge is 2.40. The fourth-order valence-electron chi connectivity index (χ4n) is 1.95. The molecule has 18 heavy (non-hydrogen) atoms. The maximum atomic E-state index is 11.7. The third-order valence-corrected chi connectivity index (χ3v) is 2.92. The molecule has 0 bridgehead atoms. The van der Waals surface area contributed by atoms with E-state index in [1.807, 2.05) is 6.92 Å². The molecule has 6 nitrogen and oxygen atoms in total. The van der Waals surface area contributed by atoms with Crippen molar-refractivity contribution in [3.63, 3.8) is 0 Å². The van der Waals surface area contributed by atoms with E-state index < -0.39 is 17.7 Å². The van der Waals surface area contributed by atoms with Crippen LogP contribution in [0.25, 0.3) is 0 Å². The Labute approximate surface area is 105 Å². The maximum Gasteiger partial charge on any atom is 0.350 e. The van der Waals surface area contributed by atoms with Gasteiger partial charge in [-0.2, -0.15) is 0 Å². The smallest absolute Gasteiger partial charge is 0.350 e. The number of esters is 2. The molecular weight excluding hydrogens is 238 g/mol. The Balaban J connectivity index is 2.25. The number of hydrogen-bond acceptors (Lipinski definition) is 5. The molecule has 6 heteroatoms. The minimum Gasteiger partial charge on any atom is -0.419 e. The quantitative estimate of drug-likeness (QED) is 0.391. The zero-order chi connectivity index (χ0) is 13.5. The number of carbonyl (C=O) groups is 3. The van der Waals surface area contributed by atoms with E-state index in [-0.39, 0.29) is 17.5 Å². The fourth-order valence-corrected chi connectivity index (χ4v) is 1.95. The fraction of sp³-hybridized carbons (Fsp3) is 0.583. The van der Waals surface area contributed by atoms with E-state index in [9.17, 15) is 14.4 Å². The van der Waals surface area contributed by atoms with Crippen molar-refractivity contribution in [2.75, 3.05) is 0 Å². The van der Waals surface area contributed by atoms with E-state index in [0.717, 1.165) is 0 Å². The van der Waals surface area contributed by atoms with Gasteiger partial charge in [0, 0.05) is 32.5 Å². The van der Waals surface area contributed by atoms with Gasteiger partial charge in [0.2, 0.25) is 5.91 Å². The predicted octanol–water partition coefficient (Wildman–Crippen LogP) is 0.717. The van der Waals surface area contributed by atoms with E-state index >= 15 is 0 Å². The molecule has 0 aromatic rings. The highest BCUT2D eigenvalue weighted by Crippen LogP contribution is 2.25. The lowest BCUT2D eigenvalue weighted by Gasteiger charge is -2.30. The van der Waals surface area contributed by atoms with Crippen LogP contribution in [0.1, 0.15) is 33.6 Å². The number of cyclic esters (lactones) is 2. The number of carbonyl (C=O) groups excluding carboxylic acids is 3. The van der Waals surface area contributed by atoms with Gasteiger partial charge in [0.1, 0.15) is 0 Å². The molecule has 1 amide bonds. The second-order valence-electron chi connectivity index (χ2n) is 4.91. The van der Waals surface area contributed by atoms with Crippen LogP contribution in [0.15, 0.2) is 11.8 Å². The standard InChI is InChI=1S/C12H15NO5/c1-7-4-5-9(14)13(7)6-8-10(15)17-12(2,3)18-11(8)16/h6-7H,4-5H2,1-3H3. The molecule has 0 aliphatic carbocycles. The minimum absolute atomic E-state index is 0.0273.